The van der Waals surface area contributed by atoms with Crippen LogP contribution in [0.1, 0.15) is 42.3 Å². The number of carbonyl (C=O) groups excluding carboxylic acids is 2. The molecule has 0 unspecified atom stereocenters. The SMILES string of the molecule is CCOC(=O)C(C)(C)Oc1ccc(C/C=C/C(=O)c2ccc(S)cc2)cc1C. The van der Waals surface area contributed by atoms with Crippen molar-refractivity contribution in [1.82, 2.24) is 0 Å². The number of aryl methyl sites for hydroxylation is 1. The number of carbonyl (C=O) groups is 2. The van der Waals surface area contributed by atoms with Gasteiger partial charge in [-0.3, -0.25) is 4.79 Å². The van der Waals surface area contributed by atoms with Crippen LogP contribution in [0.5, 0.6) is 5.75 Å². The van der Waals surface area contributed by atoms with Gasteiger partial charge in [0.25, 0.3) is 0 Å². The Labute approximate surface area is 172 Å². The Morgan fingerprint density at radius 2 is 1.79 bits per heavy atom. The molecule has 0 aliphatic heterocycles. The van der Waals surface area contributed by atoms with Gasteiger partial charge in [-0.25, -0.2) is 4.79 Å². The summed E-state index contributed by atoms with van der Waals surface area (Å²) in [5.41, 5.74) is 1.54. The fourth-order valence-corrected chi connectivity index (χ4v) is 2.75. The van der Waals surface area contributed by atoms with Crippen molar-refractivity contribution in [2.75, 3.05) is 6.61 Å². The smallest absolute Gasteiger partial charge is 0.349 e. The van der Waals surface area contributed by atoms with Crippen molar-refractivity contribution in [2.24, 2.45) is 0 Å². The molecule has 2 rings (SSSR count). The highest BCUT2D eigenvalue weighted by atomic mass is 32.1. The second-order valence-corrected chi connectivity index (χ2v) is 7.47. The maximum absolute atomic E-state index is 12.2. The first-order valence-electron chi connectivity index (χ1n) is 9.18. The summed E-state index contributed by atoms with van der Waals surface area (Å²) in [5, 5.41) is 0. The van der Waals surface area contributed by atoms with Crippen molar-refractivity contribution in [3.8, 4) is 5.75 Å². The summed E-state index contributed by atoms with van der Waals surface area (Å²) in [7, 11) is 0. The van der Waals surface area contributed by atoms with Crippen molar-refractivity contribution in [3.63, 3.8) is 0 Å². The molecule has 0 atom stereocenters. The van der Waals surface area contributed by atoms with Gasteiger partial charge >= 0.3 is 5.97 Å². The normalized spacial score (nSPS) is 11.5. The van der Waals surface area contributed by atoms with E-state index in [0.717, 1.165) is 16.0 Å². The number of hydrogen-bond donors (Lipinski definition) is 1. The number of ketones is 1. The molecule has 28 heavy (non-hydrogen) atoms. The number of hydrogen-bond acceptors (Lipinski definition) is 5. The maximum Gasteiger partial charge on any atom is 0.349 e. The Bertz CT molecular complexity index is 867. The molecule has 0 heterocycles. The number of esters is 1. The van der Waals surface area contributed by atoms with Crippen LogP contribution in [0.2, 0.25) is 0 Å². The Balaban J connectivity index is 2.01. The van der Waals surface area contributed by atoms with Gasteiger partial charge in [0.2, 0.25) is 0 Å². The summed E-state index contributed by atoms with van der Waals surface area (Å²) in [6.07, 6.45) is 4.05. The topological polar surface area (TPSA) is 52.6 Å². The van der Waals surface area contributed by atoms with E-state index in [4.69, 9.17) is 9.47 Å². The lowest BCUT2D eigenvalue weighted by molar-refractivity contribution is -0.158. The molecule has 0 amide bonds. The molecule has 4 nitrogen and oxygen atoms in total. The number of rotatable bonds is 8. The van der Waals surface area contributed by atoms with E-state index < -0.39 is 11.6 Å². The molecule has 0 N–H and O–H groups in total. The first-order chi connectivity index (χ1) is 13.2. The molecule has 0 aromatic heterocycles. The molecule has 5 heteroatoms. The van der Waals surface area contributed by atoms with Crippen LogP contribution in [0.25, 0.3) is 0 Å². The molecule has 0 bridgehead atoms. The number of thiol groups is 1. The van der Waals surface area contributed by atoms with Crippen LogP contribution in [0, 0.1) is 6.92 Å². The van der Waals surface area contributed by atoms with Crippen LogP contribution in [0.4, 0.5) is 0 Å². The third-order valence-electron chi connectivity index (χ3n) is 4.15. The second-order valence-electron chi connectivity index (χ2n) is 6.95. The maximum atomic E-state index is 12.2. The summed E-state index contributed by atoms with van der Waals surface area (Å²) in [4.78, 5) is 25.0. The van der Waals surface area contributed by atoms with Crippen molar-refractivity contribution in [1.29, 1.82) is 0 Å². The molecule has 0 aliphatic carbocycles. The molecule has 0 spiro atoms. The quantitative estimate of drug-likeness (QED) is 0.295. The van der Waals surface area contributed by atoms with Gasteiger partial charge in [-0.1, -0.05) is 18.2 Å². The van der Waals surface area contributed by atoms with Gasteiger partial charge in [0.1, 0.15) is 5.75 Å². The zero-order valence-electron chi connectivity index (χ0n) is 16.7. The molecule has 0 fully saturated rings. The zero-order chi connectivity index (χ0) is 20.7. The van der Waals surface area contributed by atoms with E-state index in [2.05, 4.69) is 12.6 Å². The summed E-state index contributed by atoms with van der Waals surface area (Å²) in [6.45, 7) is 7.38. The third kappa shape index (κ3) is 5.99. The van der Waals surface area contributed by atoms with E-state index in [0.29, 0.717) is 24.3 Å². The molecule has 148 valence electrons. The lowest BCUT2D eigenvalue weighted by Gasteiger charge is -2.25. The van der Waals surface area contributed by atoms with Gasteiger partial charge in [0.15, 0.2) is 11.4 Å². The highest BCUT2D eigenvalue weighted by molar-refractivity contribution is 7.80. The monoisotopic (exact) mass is 398 g/mol. The van der Waals surface area contributed by atoms with Gasteiger partial charge in [0, 0.05) is 10.5 Å². The molecule has 0 aliphatic rings. The number of allylic oxidation sites excluding steroid dienone is 2. The van der Waals surface area contributed by atoms with E-state index in [1.54, 1.807) is 51.1 Å². The van der Waals surface area contributed by atoms with Crippen LogP contribution in [-0.2, 0) is 16.0 Å². The summed E-state index contributed by atoms with van der Waals surface area (Å²) >= 11 is 4.22. The van der Waals surface area contributed by atoms with Crippen molar-refractivity contribution < 1.29 is 19.1 Å². The van der Waals surface area contributed by atoms with Crippen LogP contribution in [0.3, 0.4) is 0 Å². The second kappa shape index (κ2) is 9.60. The van der Waals surface area contributed by atoms with Crippen molar-refractivity contribution >= 4 is 24.4 Å². The van der Waals surface area contributed by atoms with Crippen molar-refractivity contribution in [3.05, 3.63) is 71.3 Å². The van der Waals surface area contributed by atoms with E-state index in [9.17, 15) is 9.59 Å². The molecule has 0 radical (unpaired) electrons. The van der Waals surface area contributed by atoms with Crippen LogP contribution >= 0.6 is 12.6 Å². The Morgan fingerprint density at radius 3 is 2.39 bits per heavy atom. The molecular weight excluding hydrogens is 372 g/mol. The van der Waals surface area contributed by atoms with E-state index in [1.807, 2.05) is 31.2 Å². The molecule has 0 saturated carbocycles. The van der Waals surface area contributed by atoms with Crippen molar-refractivity contribution in [2.45, 2.75) is 44.6 Å². The lowest BCUT2D eigenvalue weighted by atomic mass is 10.1. The average molecular weight is 399 g/mol. The van der Waals surface area contributed by atoms with Crippen LogP contribution in [0.15, 0.2) is 59.5 Å². The third-order valence-corrected chi connectivity index (χ3v) is 4.44. The highest BCUT2D eigenvalue weighted by Gasteiger charge is 2.32. The largest absolute Gasteiger partial charge is 0.476 e. The van der Waals surface area contributed by atoms with E-state index in [-0.39, 0.29) is 5.78 Å². The zero-order valence-corrected chi connectivity index (χ0v) is 17.6. The number of ether oxygens (including phenoxy) is 2. The molecule has 0 saturated heterocycles. The Kier molecular flexibility index (Phi) is 7.46. The molecule has 2 aromatic carbocycles. The van der Waals surface area contributed by atoms with Crippen LogP contribution < -0.4 is 4.74 Å². The van der Waals surface area contributed by atoms with Crippen LogP contribution in [-0.4, -0.2) is 24.0 Å². The number of benzene rings is 2. The fraction of sp³-hybridized carbons (Fsp3) is 0.304. The minimum atomic E-state index is -1.06. The Hall–Kier alpha value is -2.53. The first-order valence-corrected chi connectivity index (χ1v) is 9.63. The van der Waals surface area contributed by atoms with Gasteiger partial charge < -0.3 is 9.47 Å². The average Bonchev–Trinajstić information content (AvgIpc) is 2.64. The first kappa shape index (κ1) is 21.8. The lowest BCUT2D eigenvalue weighted by Crippen LogP contribution is -2.39. The van der Waals surface area contributed by atoms with Gasteiger partial charge in [-0.2, -0.15) is 0 Å². The van der Waals surface area contributed by atoms with Gasteiger partial charge in [0.05, 0.1) is 6.61 Å². The predicted octanol–water partition coefficient (Wildman–Crippen LogP) is 4.99. The summed E-state index contributed by atoms with van der Waals surface area (Å²) in [6, 6.07) is 12.9. The van der Waals surface area contributed by atoms with Gasteiger partial charge in [-0.15, -0.1) is 12.6 Å². The minimum absolute atomic E-state index is 0.0406. The highest BCUT2D eigenvalue weighted by Crippen LogP contribution is 2.25. The molecular formula is C23H26O4S. The standard InChI is InChI=1S/C23H26O4S/c1-5-26-22(25)23(3,4)27-21-14-9-17(15-16(21)2)7-6-8-20(24)18-10-12-19(28)13-11-18/h6,8-15,28H,5,7H2,1-4H3/b8-6+. The van der Waals surface area contributed by atoms with E-state index in [1.165, 1.54) is 0 Å². The van der Waals surface area contributed by atoms with Gasteiger partial charge in [-0.05, 0) is 81.7 Å². The summed E-state index contributed by atoms with van der Waals surface area (Å²) < 4.78 is 10.9. The van der Waals surface area contributed by atoms with E-state index >= 15 is 0 Å². The fourth-order valence-electron chi connectivity index (χ4n) is 2.60. The summed E-state index contributed by atoms with van der Waals surface area (Å²) in [5.74, 6) is 0.195. The molecule has 2 aromatic rings. The predicted molar refractivity (Wildman–Crippen MR) is 113 cm³/mol. The Morgan fingerprint density at radius 1 is 1.11 bits per heavy atom. The minimum Gasteiger partial charge on any atom is -0.476 e.